The lowest BCUT2D eigenvalue weighted by Gasteiger charge is -2.23. The summed E-state index contributed by atoms with van der Waals surface area (Å²) in [6.45, 7) is -0.224. The number of alkyl halides is 3. The summed E-state index contributed by atoms with van der Waals surface area (Å²) >= 11 is 7.48. The van der Waals surface area contributed by atoms with Gasteiger partial charge in [0.25, 0.3) is 0 Å². The molecule has 0 bridgehead atoms. The number of halogens is 4. The van der Waals surface area contributed by atoms with Gasteiger partial charge in [-0.25, -0.2) is 8.42 Å². The Labute approximate surface area is 184 Å². The Bertz CT molecular complexity index is 829. The average Bonchev–Trinajstić information content (AvgIpc) is 2.65. The third kappa shape index (κ3) is 7.85. The van der Waals surface area contributed by atoms with E-state index in [0.29, 0.717) is 22.2 Å². The van der Waals surface area contributed by atoms with E-state index in [-0.39, 0.29) is 5.69 Å². The van der Waals surface area contributed by atoms with E-state index in [4.69, 9.17) is 11.6 Å². The lowest BCUT2D eigenvalue weighted by atomic mass is 10.0. The summed E-state index contributed by atoms with van der Waals surface area (Å²) in [4.78, 5) is 12.2. The fourth-order valence-corrected chi connectivity index (χ4v) is 5.64. The minimum Gasteiger partial charge on any atom is -0.354 e. The van der Waals surface area contributed by atoms with Gasteiger partial charge in [0.1, 0.15) is 6.54 Å². The Hall–Kier alpha value is -1.13. The van der Waals surface area contributed by atoms with Crippen LogP contribution in [0.2, 0.25) is 5.02 Å². The molecule has 0 aromatic heterocycles. The Morgan fingerprint density at radius 2 is 1.93 bits per heavy atom. The number of amides is 1. The van der Waals surface area contributed by atoms with Gasteiger partial charge in [-0.05, 0) is 43.2 Å². The van der Waals surface area contributed by atoms with E-state index in [9.17, 15) is 26.4 Å². The molecular weight excluding hydrogens is 461 g/mol. The SMILES string of the molecule is CS(=O)(=O)N(CC(=O)NCCCSC1CCCCC1)c1ccc(Cl)c(C(F)(F)F)c1. The van der Waals surface area contributed by atoms with Gasteiger partial charge in [0, 0.05) is 11.8 Å². The van der Waals surface area contributed by atoms with Crippen molar-refractivity contribution in [1.29, 1.82) is 0 Å². The number of hydrogen-bond acceptors (Lipinski definition) is 4. The van der Waals surface area contributed by atoms with Crippen LogP contribution in [-0.4, -0.2) is 44.7 Å². The molecule has 170 valence electrons. The maximum absolute atomic E-state index is 13.1. The van der Waals surface area contributed by atoms with Crippen molar-refractivity contribution < 1.29 is 26.4 Å². The quantitative estimate of drug-likeness (QED) is 0.514. The molecule has 1 fully saturated rings. The Morgan fingerprint density at radius 3 is 2.53 bits per heavy atom. The smallest absolute Gasteiger partial charge is 0.354 e. The average molecular weight is 487 g/mol. The lowest BCUT2D eigenvalue weighted by molar-refractivity contribution is -0.137. The fraction of sp³-hybridized carbons (Fsp3) is 0.632. The number of rotatable bonds is 9. The highest BCUT2D eigenvalue weighted by atomic mass is 35.5. The molecule has 1 aliphatic rings. The Balaban J connectivity index is 1.92. The van der Waals surface area contributed by atoms with Crippen LogP contribution in [0.4, 0.5) is 18.9 Å². The lowest BCUT2D eigenvalue weighted by Crippen LogP contribution is -2.40. The van der Waals surface area contributed by atoms with Gasteiger partial charge in [-0.1, -0.05) is 30.9 Å². The molecule has 0 atom stereocenters. The highest BCUT2D eigenvalue weighted by molar-refractivity contribution is 7.99. The highest BCUT2D eigenvalue weighted by Gasteiger charge is 2.34. The van der Waals surface area contributed by atoms with Gasteiger partial charge in [-0.2, -0.15) is 24.9 Å². The molecule has 1 amide bonds. The summed E-state index contributed by atoms with van der Waals surface area (Å²) in [5.41, 5.74) is -1.42. The third-order valence-electron chi connectivity index (χ3n) is 4.78. The first-order valence-corrected chi connectivity index (χ1v) is 13.0. The van der Waals surface area contributed by atoms with Crippen molar-refractivity contribution in [3.05, 3.63) is 28.8 Å². The number of sulfonamides is 1. The summed E-state index contributed by atoms with van der Waals surface area (Å²) in [5, 5.41) is 2.77. The second-order valence-corrected chi connectivity index (χ2v) is 11.0. The van der Waals surface area contributed by atoms with Crippen LogP contribution < -0.4 is 9.62 Å². The Morgan fingerprint density at radius 1 is 1.27 bits per heavy atom. The molecule has 30 heavy (non-hydrogen) atoms. The van der Waals surface area contributed by atoms with Crippen molar-refractivity contribution in [1.82, 2.24) is 5.32 Å². The summed E-state index contributed by atoms with van der Waals surface area (Å²) in [5.74, 6) is 0.318. The van der Waals surface area contributed by atoms with Crippen molar-refractivity contribution in [2.24, 2.45) is 0 Å². The van der Waals surface area contributed by atoms with E-state index in [1.165, 1.54) is 32.1 Å². The molecule has 0 radical (unpaired) electrons. The van der Waals surface area contributed by atoms with Gasteiger partial charge in [-0.3, -0.25) is 9.10 Å². The topological polar surface area (TPSA) is 66.5 Å². The number of carbonyl (C=O) groups excluding carboxylic acids is 1. The van der Waals surface area contributed by atoms with Crippen LogP contribution in [0, 0.1) is 0 Å². The second-order valence-electron chi connectivity index (χ2n) is 7.27. The first kappa shape index (κ1) is 25.1. The van der Waals surface area contributed by atoms with E-state index >= 15 is 0 Å². The minimum atomic E-state index is -4.74. The molecule has 1 aromatic rings. The maximum Gasteiger partial charge on any atom is 0.417 e. The van der Waals surface area contributed by atoms with E-state index < -0.39 is 39.2 Å². The van der Waals surface area contributed by atoms with E-state index in [1.54, 1.807) is 0 Å². The van der Waals surface area contributed by atoms with Crippen LogP contribution >= 0.6 is 23.4 Å². The summed E-state index contributed by atoms with van der Waals surface area (Å²) in [6.07, 6.45) is 3.10. The standard InChI is InChI=1S/C19H26ClF3N2O3S2/c1-30(27,28)25(14-8-9-17(20)16(12-14)19(21,22)23)13-18(26)24-10-5-11-29-15-6-3-2-4-7-15/h8-9,12,15H,2-7,10-11,13H2,1H3,(H,24,26). The van der Waals surface area contributed by atoms with Gasteiger partial charge < -0.3 is 5.32 Å². The molecule has 0 unspecified atom stereocenters. The molecule has 1 aliphatic carbocycles. The first-order valence-electron chi connectivity index (χ1n) is 9.71. The first-order chi connectivity index (χ1) is 14.0. The van der Waals surface area contributed by atoms with E-state index in [2.05, 4.69) is 5.32 Å². The largest absolute Gasteiger partial charge is 0.417 e. The van der Waals surface area contributed by atoms with Crippen LogP contribution in [-0.2, 0) is 21.0 Å². The van der Waals surface area contributed by atoms with Crippen molar-refractivity contribution in [2.75, 3.05) is 29.4 Å². The summed E-state index contributed by atoms with van der Waals surface area (Å²) in [6, 6.07) is 2.75. The van der Waals surface area contributed by atoms with Gasteiger partial charge in [-0.15, -0.1) is 0 Å². The number of anilines is 1. The fourth-order valence-electron chi connectivity index (χ4n) is 3.25. The molecular formula is C19H26ClF3N2O3S2. The predicted octanol–water partition coefficient (Wildman–Crippen LogP) is 4.70. The molecule has 5 nitrogen and oxygen atoms in total. The number of nitrogens with zero attached hydrogens (tertiary/aromatic N) is 1. The van der Waals surface area contributed by atoms with Crippen molar-refractivity contribution in [3.8, 4) is 0 Å². The highest BCUT2D eigenvalue weighted by Crippen LogP contribution is 2.37. The van der Waals surface area contributed by atoms with Crippen LogP contribution in [0.5, 0.6) is 0 Å². The predicted molar refractivity (Wildman–Crippen MR) is 116 cm³/mol. The molecule has 0 spiro atoms. The van der Waals surface area contributed by atoms with E-state index in [1.807, 2.05) is 11.8 Å². The van der Waals surface area contributed by atoms with Gasteiger partial charge in [0.05, 0.1) is 22.5 Å². The van der Waals surface area contributed by atoms with Crippen LogP contribution in [0.15, 0.2) is 18.2 Å². The van der Waals surface area contributed by atoms with Crippen LogP contribution in [0.3, 0.4) is 0 Å². The zero-order chi connectivity index (χ0) is 22.4. The van der Waals surface area contributed by atoms with Crippen LogP contribution in [0.1, 0.15) is 44.1 Å². The second kappa shape index (κ2) is 10.9. The molecule has 1 saturated carbocycles. The molecule has 0 saturated heterocycles. The number of hydrogen-bond donors (Lipinski definition) is 1. The Kier molecular flexibility index (Phi) is 9.17. The maximum atomic E-state index is 13.1. The number of carbonyl (C=O) groups is 1. The molecule has 1 N–H and O–H groups in total. The van der Waals surface area contributed by atoms with Gasteiger partial charge >= 0.3 is 6.18 Å². The van der Waals surface area contributed by atoms with Crippen molar-refractivity contribution in [2.45, 2.75) is 50.0 Å². The summed E-state index contributed by atoms with van der Waals surface area (Å²) < 4.78 is 64.1. The normalized spacial score (nSPS) is 15.8. The zero-order valence-electron chi connectivity index (χ0n) is 16.7. The monoisotopic (exact) mass is 486 g/mol. The number of benzene rings is 1. The number of thioether (sulfide) groups is 1. The minimum absolute atomic E-state index is 0.266. The van der Waals surface area contributed by atoms with Gasteiger partial charge in [0.2, 0.25) is 15.9 Å². The molecule has 0 aliphatic heterocycles. The molecule has 11 heteroatoms. The van der Waals surface area contributed by atoms with Gasteiger partial charge in [0.15, 0.2) is 0 Å². The molecule has 0 heterocycles. The van der Waals surface area contributed by atoms with Crippen LogP contribution in [0.25, 0.3) is 0 Å². The summed E-state index contributed by atoms with van der Waals surface area (Å²) in [7, 11) is -3.98. The van der Waals surface area contributed by atoms with Crippen molar-refractivity contribution in [3.63, 3.8) is 0 Å². The number of nitrogens with one attached hydrogen (secondary N) is 1. The molecule has 2 rings (SSSR count). The van der Waals surface area contributed by atoms with Crippen molar-refractivity contribution >= 4 is 45.0 Å². The third-order valence-corrected chi connectivity index (χ3v) is 7.72. The molecule has 1 aromatic carbocycles. The zero-order valence-corrected chi connectivity index (χ0v) is 19.1. The van der Waals surface area contributed by atoms with E-state index in [0.717, 1.165) is 30.6 Å².